The van der Waals surface area contributed by atoms with Crippen LogP contribution in [0.3, 0.4) is 0 Å². The highest BCUT2D eigenvalue weighted by atomic mass is 14.9. The maximum atomic E-state index is 8.29. The summed E-state index contributed by atoms with van der Waals surface area (Å²) in [5, 5.41) is 10.5. The molecule has 0 aliphatic rings. The molecule has 27 heavy (non-hydrogen) atoms. The second kappa shape index (κ2) is 7.26. The smallest absolute Gasteiger partial charge is 0.154 e. The molecule has 4 aromatic rings. The lowest BCUT2D eigenvalue weighted by molar-refractivity contribution is 1.40. The summed E-state index contributed by atoms with van der Waals surface area (Å²) in [5.74, 6) is 0.505. The number of hydrogen-bond acceptors (Lipinski definition) is 1. The van der Waals surface area contributed by atoms with E-state index in [1.807, 2.05) is 66.7 Å². The molecule has 0 atom stereocenters. The molecule has 0 aromatic heterocycles. The average Bonchev–Trinajstić information content (AvgIpc) is 2.74. The minimum absolute atomic E-state index is 0.158. The maximum Gasteiger partial charge on any atom is 0.154 e. The van der Waals surface area contributed by atoms with Crippen molar-refractivity contribution in [1.29, 1.82) is 5.41 Å². The van der Waals surface area contributed by atoms with Gasteiger partial charge in [-0.05, 0) is 34.0 Å². The first-order valence-electron chi connectivity index (χ1n) is 8.78. The van der Waals surface area contributed by atoms with E-state index in [4.69, 9.17) is 11.1 Å². The molecule has 0 radical (unpaired) electrons. The SMILES string of the molecule is N=C(/N=C(\N)c1ccccc1)c1ccc2cc(-c3ccccc3)ccc2c1. The first-order chi connectivity index (χ1) is 13.2. The third-order valence-electron chi connectivity index (χ3n) is 4.52. The fourth-order valence-corrected chi connectivity index (χ4v) is 3.06. The topological polar surface area (TPSA) is 62.2 Å². The van der Waals surface area contributed by atoms with Gasteiger partial charge in [-0.15, -0.1) is 0 Å². The highest BCUT2D eigenvalue weighted by Gasteiger charge is 2.05. The van der Waals surface area contributed by atoms with Gasteiger partial charge in [0.15, 0.2) is 5.84 Å². The Morgan fingerprint density at radius 3 is 2.00 bits per heavy atom. The molecule has 4 rings (SSSR count). The van der Waals surface area contributed by atoms with Gasteiger partial charge in [0.25, 0.3) is 0 Å². The molecule has 0 saturated heterocycles. The molecule has 0 saturated carbocycles. The Morgan fingerprint density at radius 2 is 1.26 bits per heavy atom. The molecule has 3 heteroatoms. The number of nitrogens with zero attached hydrogens (tertiary/aromatic N) is 1. The largest absolute Gasteiger partial charge is 0.383 e. The summed E-state index contributed by atoms with van der Waals surface area (Å²) >= 11 is 0. The number of nitrogens with one attached hydrogen (secondary N) is 1. The van der Waals surface area contributed by atoms with Crippen molar-refractivity contribution in [1.82, 2.24) is 0 Å². The van der Waals surface area contributed by atoms with Gasteiger partial charge in [-0.2, -0.15) is 0 Å². The van der Waals surface area contributed by atoms with Crippen LogP contribution < -0.4 is 5.73 Å². The van der Waals surface area contributed by atoms with Gasteiger partial charge in [0.1, 0.15) is 5.84 Å². The molecule has 0 bridgehead atoms. The van der Waals surface area contributed by atoms with Crippen molar-refractivity contribution in [3.8, 4) is 11.1 Å². The third kappa shape index (κ3) is 3.62. The van der Waals surface area contributed by atoms with E-state index >= 15 is 0 Å². The van der Waals surface area contributed by atoms with E-state index in [0.717, 1.165) is 21.9 Å². The van der Waals surface area contributed by atoms with Gasteiger partial charge in [-0.3, -0.25) is 5.41 Å². The molecule has 3 N–H and O–H groups in total. The highest BCUT2D eigenvalue weighted by Crippen LogP contribution is 2.25. The van der Waals surface area contributed by atoms with E-state index in [0.29, 0.717) is 5.84 Å². The highest BCUT2D eigenvalue weighted by molar-refractivity contribution is 6.10. The molecule has 0 heterocycles. The third-order valence-corrected chi connectivity index (χ3v) is 4.52. The summed E-state index contributed by atoms with van der Waals surface area (Å²) in [6, 6.07) is 32.1. The maximum absolute atomic E-state index is 8.29. The van der Waals surface area contributed by atoms with Crippen molar-refractivity contribution in [3.63, 3.8) is 0 Å². The molecular weight excluding hydrogens is 330 g/mol. The number of benzene rings is 4. The number of nitrogens with two attached hydrogens (primary N) is 1. The molecule has 4 aromatic carbocycles. The Hall–Kier alpha value is -3.72. The predicted octanol–water partition coefficient (Wildman–Crippen LogP) is 5.24. The zero-order chi connectivity index (χ0) is 18.6. The van der Waals surface area contributed by atoms with Crippen molar-refractivity contribution in [2.24, 2.45) is 10.7 Å². The van der Waals surface area contributed by atoms with Crippen molar-refractivity contribution in [2.45, 2.75) is 0 Å². The first kappa shape index (κ1) is 16.7. The van der Waals surface area contributed by atoms with Gasteiger partial charge in [0.05, 0.1) is 0 Å². The Balaban J connectivity index is 1.65. The van der Waals surface area contributed by atoms with Crippen LogP contribution >= 0.6 is 0 Å². The number of hydrogen-bond donors (Lipinski definition) is 2. The molecule has 0 aliphatic carbocycles. The number of amidine groups is 2. The molecule has 0 unspecified atom stereocenters. The minimum Gasteiger partial charge on any atom is -0.383 e. The molecule has 0 spiro atoms. The molecule has 0 amide bonds. The van der Waals surface area contributed by atoms with Crippen molar-refractivity contribution < 1.29 is 0 Å². The second-order valence-corrected chi connectivity index (χ2v) is 6.35. The summed E-state index contributed by atoms with van der Waals surface area (Å²) in [4.78, 5) is 4.27. The molecule has 130 valence electrons. The molecule has 0 aliphatic heterocycles. The Morgan fingerprint density at radius 1 is 0.630 bits per heavy atom. The van der Waals surface area contributed by atoms with Gasteiger partial charge < -0.3 is 5.73 Å². The van der Waals surface area contributed by atoms with Crippen molar-refractivity contribution in [3.05, 3.63) is 108 Å². The van der Waals surface area contributed by atoms with Crippen LogP contribution in [0.1, 0.15) is 11.1 Å². The lowest BCUT2D eigenvalue weighted by atomic mass is 10.00. The van der Waals surface area contributed by atoms with E-state index < -0.39 is 0 Å². The standard InChI is InChI=1S/C24H19N3/c25-23(18-9-5-2-6-10-18)27-24(26)22-14-13-20-15-19(11-12-21(20)16-22)17-7-3-1-4-8-17/h1-16H,(H3,25,26,27). The summed E-state index contributed by atoms with van der Waals surface area (Å²) in [5.41, 5.74) is 9.97. The van der Waals surface area contributed by atoms with Crippen molar-refractivity contribution in [2.75, 3.05) is 0 Å². The van der Waals surface area contributed by atoms with Gasteiger partial charge >= 0.3 is 0 Å². The monoisotopic (exact) mass is 349 g/mol. The van der Waals surface area contributed by atoms with E-state index in [2.05, 4.69) is 35.3 Å². The fraction of sp³-hybridized carbons (Fsp3) is 0. The van der Waals surface area contributed by atoms with Crippen LogP contribution in [0.4, 0.5) is 0 Å². The average molecular weight is 349 g/mol. The second-order valence-electron chi connectivity index (χ2n) is 6.35. The van der Waals surface area contributed by atoms with Crippen LogP contribution in [0.15, 0.2) is 102 Å². The summed E-state index contributed by atoms with van der Waals surface area (Å²) < 4.78 is 0. The number of rotatable bonds is 3. The number of aliphatic imine (C=N–C) groups is 1. The van der Waals surface area contributed by atoms with Gasteiger partial charge in [0.2, 0.25) is 0 Å². The first-order valence-corrected chi connectivity index (χ1v) is 8.78. The Labute approximate surface area is 158 Å². The van der Waals surface area contributed by atoms with Crippen LogP contribution in [0.5, 0.6) is 0 Å². The Bertz CT molecular complexity index is 1130. The fourth-order valence-electron chi connectivity index (χ4n) is 3.06. The summed E-state index contributed by atoms with van der Waals surface area (Å²) in [6.45, 7) is 0. The number of fused-ring (bicyclic) bond motifs is 1. The Kier molecular flexibility index (Phi) is 4.50. The van der Waals surface area contributed by atoms with Crippen molar-refractivity contribution >= 4 is 22.4 Å². The van der Waals surface area contributed by atoms with Gasteiger partial charge in [0, 0.05) is 11.1 Å². The van der Waals surface area contributed by atoms with E-state index in [9.17, 15) is 0 Å². The van der Waals surface area contributed by atoms with Crippen LogP contribution in [-0.2, 0) is 0 Å². The molecular formula is C24H19N3. The van der Waals surface area contributed by atoms with Gasteiger partial charge in [-0.25, -0.2) is 4.99 Å². The molecule has 3 nitrogen and oxygen atoms in total. The van der Waals surface area contributed by atoms with Crippen LogP contribution in [0.25, 0.3) is 21.9 Å². The lowest BCUT2D eigenvalue weighted by Crippen LogP contribution is -2.15. The van der Waals surface area contributed by atoms with Gasteiger partial charge in [-0.1, -0.05) is 84.9 Å². The zero-order valence-electron chi connectivity index (χ0n) is 14.8. The van der Waals surface area contributed by atoms with E-state index in [1.54, 1.807) is 0 Å². The summed E-state index contributed by atoms with van der Waals surface area (Å²) in [7, 11) is 0. The quantitative estimate of drug-likeness (QED) is 0.386. The lowest BCUT2D eigenvalue weighted by Gasteiger charge is -2.07. The minimum atomic E-state index is 0.158. The van der Waals surface area contributed by atoms with Crippen LogP contribution in [-0.4, -0.2) is 11.7 Å². The normalized spacial score (nSPS) is 11.5. The van der Waals surface area contributed by atoms with Crippen LogP contribution in [0, 0.1) is 5.41 Å². The zero-order valence-corrected chi connectivity index (χ0v) is 14.8. The van der Waals surface area contributed by atoms with Crippen LogP contribution in [0.2, 0.25) is 0 Å². The molecule has 0 fully saturated rings. The predicted molar refractivity (Wildman–Crippen MR) is 113 cm³/mol. The van der Waals surface area contributed by atoms with E-state index in [-0.39, 0.29) is 5.84 Å². The summed E-state index contributed by atoms with van der Waals surface area (Å²) in [6.07, 6.45) is 0. The van der Waals surface area contributed by atoms with E-state index in [1.165, 1.54) is 11.1 Å².